The summed E-state index contributed by atoms with van der Waals surface area (Å²) >= 11 is 0. The summed E-state index contributed by atoms with van der Waals surface area (Å²) in [6.45, 7) is 5.88. The monoisotopic (exact) mass is 182 g/mol. The molecule has 0 aromatic carbocycles. The van der Waals surface area contributed by atoms with Crippen LogP contribution < -0.4 is 5.32 Å². The second-order valence-electron chi connectivity index (χ2n) is 3.22. The zero-order valence-electron chi connectivity index (χ0n) is 8.13. The van der Waals surface area contributed by atoms with E-state index in [9.17, 15) is 4.79 Å². The van der Waals surface area contributed by atoms with Crippen molar-refractivity contribution in [3.63, 3.8) is 0 Å². The third-order valence-electron chi connectivity index (χ3n) is 1.63. The van der Waals surface area contributed by atoms with Crippen molar-refractivity contribution >= 4 is 5.91 Å². The molecule has 0 aliphatic rings. The minimum atomic E-state index is 0.00372. The van der Waals surface area contributed by atoms with Gasteiger partial charge >= 0.3 is 0 Å². The predicted molar refractivity (Wildman–Crippen MR) is 47.9 cm³/mol. The standard InChI is InChI=1S/C9H14N2O2/c1-6(2)9(12)11-5-8-4-10-7(3)13-8/h4,6H,5H2,1-3H3,(H,11,12). The zero-order chi connectivity index (χ0) is 9.84. The highest BCUT2D eigenvalue weighted by atomic mass is 16.4. The first-order valence-corrected chi connectivity index (χ1v) is 4.28. The Kier molecular flexibility index (Phi) is 3.06. The average Bonchev–Trinajstić information content (AvgIpc) is 2.47. The number of hydrogen-bond acceptors (Lipinski definition) is 3. The van der Waals surface area contributed by atoms with Crippen LogP contribution in [0.5, 0.6) is 0 Å². The largest absolute Gasteiger partial charge is 0.444 e. The molecule has 4 heteroatoms. The molecule has 0 aliphatic carbocycles. The van der Waals surface area contributed by atoms with E-state index in [1.165, 1.54) is 0 Å². The average molecular weight is 182 g/mol. The number of amides is 1. The summed E-state index contributed by atoms with van der Waals surface area (Å²) in [4.78, 5) is 15.1. The molecule has 0 aliphatic heterocycles. The smallest absolute Gasteiger partial charge is 0.222 e. The lowest BCUT2D eigenvalue weighted by Gasteiger charge is -2.04. The van der Waals surface area contributed by atoms with Crippen molar-refractivity contribution in [2.45, 2.75) is 27.3 Å². The number of nitrogens with one attached hydrogen (secondary N) is 1. The SMILES string of the molecule is Cc1ncc(CNC(=O)C(C)C)o1. The Morgan fingerprint density at radius 1 is 1.69 bits per heavy atom. The normalized spacial score (nSPS) is 10.5. The maximum absolute atomic E-state index is 11.1. The molecular formula is C9H14N2O2. The quantitative estimate of drug-likeness (QED) is 0.765. The molecule has 1 aromatic heterocycles. The lowest BCUT2D eigenvalue weighted by molar-refractivity contribution is -0.124. The van der Waals surface area contributed by atoms with Crippen molar-refractivity contribution in [1.82, 2.24) is 10.3 Å². The van der Waals surface area contributed by atoms with Crippen LogP contribution in [0.3, 0.4) is 0 Å². The van der Waals surface area contributed by atoms with Crippen LogP contribution in [0.25, 0.3) is 0 Å². The third-order valence-corrected chi connectivity index (χ3v) is 1.63. The van der Waals surface area contributed by atoms with E-state index >= 15 is 0 Å². The maximum atomic E-state index is 11.1. The van der Waals surface area contributed by atoms with Crippen molar-refractivity contribution in [2.75, 3.05) is 0 Å². The maximum Gasteiger partial charge on any atom is 0.222 e. The van der Waals surface area contributed by atoms with Gasteiger partial charge in [0, 0.05) is 12.8 Å². The van der Waals surface area contributed by atoms with Crippen molar-refractivity contribution < 1.29 is 9.21 Å². The van der Waals surface area contributed by atoms with Gasteiger partial charge in [0.15, 0.2) is 5.89 Å². The van der Waals surface area contributed by atoms with Gasteiger partial charge in [0.2, 0.25) is 5.91 Å². The van der Waals surface area contributed by atoms with Crippen LogP contribution in [-0.4, -0.2) is 10.9 Å². The molecule has 0 saturated heterocycles. The van der Waals surface area contributed by atoms with Crippen molar-refractivity contribution in [3.8, 4) is 0 Å². The molecule has 0 bridgehead atoms. The van der Waals surface area contributed by atoms with E-state index in [0.29, 0.717) is 18.2 Å². The van der Waals surface area contributed by atoms with Gasteiger partial charge in [-0.2, -0.15) is 0 Å². The van der Waals surface area contributed by atoms with Crippen molar-refractivity contribution in [3.05, 3.63) is 17.8 Å². The number of aromatic nitrogens is 1. The van der Waals surface area contributed by atoms with E-state index < -0.39 is 0 Å². The molecule has 1 heterocycles. The first-order valence-electron chi connectivity index (χ1n) is 4.28. The number of carbonyl (C=O) groups is 1. The van der Waals surface area contributed by atoms with Gasteiger partial charge in [0.05, 0.1) is 12.7 Å². The number of nitrogens with zero attached hydrogens (tertiary/aromatic N) is 1. The fourth-order valence-corrected chi connectivity index (χ4v) is 0.865. The van der Waals surface area contributed by atoms with E-state index in [0.717, 1.165) is 0 Å². The van der Waals surface area contributed by atoms with Crippen LogP contribution in [0.15, 0.2) is 10.6 Å². The van der Waals surface area contributed by atoms with Crippen molar-refractivity contribution in [1.29, 1.82) is 0 Å². The van der Waals surface area contributed by atoms with Gasteiger partial charge in [0.1, 0.15) is 5.76 Å². The molecule has 0 radical (unpaired) electrons. The lowest BCUT2D eigenvalue weighted by atomic mass is 10.2. The summed E-state index contributed by atoms with van der Waals surface area (Å²) in [5.74, 6) is 1.33. The molecule has 0 atom stereocenters. The Labute approximate surface area is 77.3 Å². The second kappa shape index (κ2) is 4.07. The Morgan fingerprint density at radius 2 is 2.38 bits per heavy atom. The van der Waals surface area contributed by atoms with E-state index in [2.05, 4.69) is 10.3 Å². The Morgan fingerprint density at radius 3 is 2.85 bits per heavy atom. The molecule has 0 spiro atoms. The van der Waals surface area contributed by atoms with Gasteiger partial charge in [-0.05, 0) is 0 Å². The van der Waals surface area contributed by atoms with Gasteiger partial charge in [-0.1, -0.05) is 13.8 Å². The van der Waals surface area contributed by atoms with E-state index in [-0.39, 0.29) is 11.8 Å². The first-order chi connectivity index (χ1) is 6.09. The van der Waals surface area contributed by atoms with Crippen LogP contribution in [0.4, 0.5) is 0 Å². The van der Waals surface area contributed by atoms with E-state index in [1.54, 1.807) is 13.1 Å². The minimum absolute atomic E-state index is 0.00372. The van der Waals surface area contributed by atoms with Crippen LogP contribution in [0.1, 0.15) is 25.5 Å². The van der Waals surface area contributed by atoms with Crippen LogP contribution in [0.2, 0.25) is 0 Å². The Balaban J connectivity index is 2.39. The summed E-state index contributed by atoms with van der Waals surface area (Å²) in [6.07, 6.45) is 1.62. The number of oxazole rings is 1. The highest BCUT2D eigenvalue weighted by Gasteiger charge is 2.07. The molecule has 1 rings (SSSR count). The molecule has 4 nitrogen and oxygen atoms in total. The molecule has 1 aromatic rings. The molecule has 1 amide bonds. The second-order valence-corrected chi connectivity index (χ2v) is 3.22. The first kappa shape index (κ1) is 9.77. The summed E-state index contributed by atoms with van der Waals surface area (Å²) in [5, 5.41) is 2.74. The lowest BCUT2D eigenvalue weighted by Crippen LogP contribution is -2.26. The summed E-state index contributed by atoms with van der Waals surface area (Å²) in [7, 11) is 0. The minimum Gasteiger partial charge on any atom is -0.444 e. The summed E-state index contributed by atoms with van der Waals surface area (Å²) in [5.41, 5.74) is 0. The topological polar surface area (TPSA) is 55.1 Å². The van der Waals surface area contributed by atoms with Gasteiger partial charge in [0.25, 0.3) is 0 Å². The van der Waals surface area contributed by atoms with Gasteiger partial charge in [-0.25, -0.2) is 4.98 Å². The number of carbonyl (C=O) groups excluding carboxylic acids is 1. The fourth-order valence-electron chi connectivity index (χ4n) is 0.865. The predicted octanol–water partition coefficient (Wildman–Crippen LogP) is 1.26. The van der Waals surface area contributed by atoms with Gasteiger partial charge < -0.3 is 9.73 Å². The number of aryl methyl sites for hydroxylation is 1. The summed E-state index contributed by atoms with van der Waals surface area (Å²) in [6, 6.07) is 0. The summed E-state index contributed by atoms with van der Waals surface area (Å²) < 4.78 is 5.19. The molecule has 1 N–H and O–H groups in total. The van der Waals surface area contributed by atoms with E-state index in [4.69, 9.17) is 4.42 Å². The highest BCUT2D eigenvalue weighted by molar-refractivity contribution is 5.77. The van der Waals surface area contributed by atoms with Crippen LogP contribution in [0, 0.1) is 12.8 Å². The molecule has 72 valence electrons. The van der Waals surface area contributed by atoms with E-state index in [1.807, 2.05) is 13.8 Å². The van der Waals surface area contributed by atoms with Crippen molar-refractivity contribution in [2.24, 2.45) is 5.92 Å². The van der Waals surface area contributed by atoms with Gasteiger partial charge in [-0.3, -0.25) is 4.79 Å². The van der Waals surface area contributed by atoms with Crippen LogP contribution in [-0.2, 0) is 11.3 Å². The Hall–Kier alpha value is -1.32. The molecule has 13 heavy (non-hydrogen) atoms. The van der Waals surface area contributed by atoms with Crippen LogP contribution >= 0.6 is 0 Å². The number of rotatable bonds is 3. The third kappa shape index (κ3) is 2.89. The Bertz CT molecular complexity index is 292. The fraction of sp³-hybridized carbons (Fsp3) is 0.556. The molecule has 0 unspecified atom stereocenters. The number of hydrogen-bond donors (Lipinski definition) is 1. The molecule has 0 fully saturated rings. The van der Waals surface area contributed by atoms with Gasteiger partial charge in [-0.15, -0.1) is 0 Å². The molecule has 0 saturated carbocycles. The molecular weight excluding hydrogens is 168 g/mol. The zero-order valence-corrected chi connectivity index (χ0v) is 8.13. The highest BCUT2D eigenvalue weighted by Crippen LogP contribution is 2.01.